The van der Waals surface area contributed by atoms with Gasteiger partial charge in [-0.1, -0.05) is 45.5 Å². The zero-order chi connectivity index (χ0) is 15.1. The number of thiazole rings is 1. The molecule has 0 unspecified atom stereocenters. The van der Waals surface area contributed by atoms with Crippen molar-refractivity contribution < 1.29 is 9.21 Å². The Labute approximate surface area is 137 Å². The third kappa shape index (κ3) is 2.40. The van der Waals surface area contributed by atoms with Crippen LogP contribution in [0, 0.1) is 0 Å². The minimum Gasteiger partial charge on any atom is -0.451 e. The first-order valence-electron chi connectivity index (χ1n) is 6.55. The van der Waals surface area contributed by atoms with Gasteiger partial charge >= 0.3 is 0 Å². The van der Waals surface area contributed by atoms with Gasteiger partial charge in [0.25, 0.3) is 5.91 Å². The molecule has 108 valence electrons. The predicted octanol–water partition coefficient (Wildman–Crippen LogP) is 5.06. The van der Waals surface area contributed by atoms with Crippen molar-refractivity contribution in [3.8, 4) is 0 Å². The number of hydrogen-bond donors (Lipinski definition) is 1. The molecule has 1 N–H and O–H groups in total. The maximum atomic E-state index is 12.3. The van der Waals surface area contributed by atoms with E-state index in [4.69, 9.17) is 4.42 Å². The zero-order valence-electron chi connectivity index (χ0n) is 11.2. The molecule has 22 heavy (non-hydrogen) atoms. The van der Waals surface area contributed by atoms with Crippen molar-refractivity contribution in [2.75, 3.05) is 5.32 Å². The number of benzene rings is 2. The average molecular weight is 373 g/mol. The van der Waals surface area contributed by atoms with Gasteiger partial charge in [-0.3, -0.25) is 10.1 Å². The summed E-state index contributed by atoms with van der Waals surface area (Å²) in [6.45, 7) is 0. The van der Waals surface area contributed by atoms with Crippen molar-refractivity contribution >= 4 is 59.5 Å². The number of nitrogens with one attached hydrogen (secondary N) is 1. The Kier molecular flexibility index (Phi) is 3.20. The molecule has 0 aliphatic carbocycles. The normalized spacial score (nSPS) is 11.1. The molecule has 0 aliphatic rings. The van der Waals surface area contributed by atoms with Gasteiger partial charge in [0, 0.05) is 9.86 Å². The highest BCUT2D eigenvalue weighted by Gasteiger charge is 2.14. The van der Waals surface area contributed by atoms with E-state index in [1.54, 1.807) is 6.07 Å². The first-order valence-corrected chi connectivity index (χ1v) is 8.16. The number of carbonyl (C=O) groups is 1. The Morgan fingerprint density at radius 2 is 2.05 bits per heavy atom. The molecule has 6 heteroatoms. The SMILES string of the molecule is O=C(Nc1nc2ccc(Br)cc2s1)c1cc2ccccc2o1. The number of nitrogens with zero attached hydrogens (tertiary/aromatic N) is 1. The summed E-state index contributed by atoms with van der Waals surface area (Å²) < 4.78 is 7.55. The molecule has 0 fully saturated rings. The molecule has 4 rings (SSSR count). The number of rotatable bonds is 2. The highest BCUT2D eigenvalue weighted by atomic mass is 79.9. The van der Waals surface area contributed by atoms with Gasteiger partial charge in [-0.25, -0.2) is 4.98 Å². The van der Waals surface area contributed by atoms with E-state index in [0.717, 1.165) is 20.1 Å². The van der Waals surface area contributed by atoms with E-state index in [9.17, 15) is 4.79 Å². The van der Waals surface area contributed by atoms with Crippen LogP contribution in [0.4, 0.5) is 5.13 Å². The molecule has 4 aromatic rings. The van der Waals surface area contributed by atoms with Crippen molar-refractivity contribution in [3.63, 3.8) is 0 Å². The van der Waals surface area contributed by atoms with Gasteiger partial charge in [0.2, 0.25) is 0 Å². The van der Waals surface area contributed by atoms with Crippen molar-refractivity contribution in [1.82, 2.24) is 4.98 Å². The fourth-order valence-electron chi connectivity index (χ4n) is 2.20. The third-order valence-electron chi connectivity index (χ3n) is 3.22. The summed E-state index contributed by atoms with van der Waals surface area (Å²) in [5.74, 6) is -0.0176. The van der Waals surface area contributed by atoms with Crippen molar-refractivity contribution in [1.29, 1.82) is 0 Å². The van der Waals surface area contributed by atoms with E-state index < -0.39 is 0 Å². The van der Waals surface area contributed by atoms with Crippen LogP contribution in [0.25, 0.3) is 21.2 Å². The molecule has 1 amide bonds. The lowest BCUT2D eigenvalue weighted by molar-refractivity contribution is 0.0998. The third-order valence-corrected chi connectivity index (χ3v) is 4.65. The molecule has 0 spiro atoms. The summed E-state index contributed by atoms with van der Waals surface area (Å²) in [5.41, 5.74) is 1.55. The van der Waals surface area contributed by atoms with Gasteiger partial charge in [0.15, 0.2) is 10.9 Å². The molecule has 2 aromatic carbocycles. The lowest BCUT2D eigenvalue weighted by Gasteiger charge is -1.96. The number of para-hydroxylation sites is 1. The van der Waals surface area contributed by atoms with Gasteiger partial charge in [-0.05, 0) is 30.3 Å². The molecular weight excluding hydrogens is 364 g/mol. The second-order valence-electron chi connectivity index (χ2n) is 4.73. The van der Waals surface area contributed by atoms with Gasteiger partial charge in [0.05, 0.1) is 10.2 Å². The number of aromatic nitrogens is 1. The summed E-state index contributed by atoms with van der Waals surface area (Å²) in [7, 11) is 0. The van der Waals surface area contributed by atoms with Crippen LogP contribution in [0.5, 0.6) is 0 Å². The minimum absolute atomic E-state index is 0.279. The van der Waals surface area contributed by atoms with E-state index in [2.05, 4.69) is 26.2 Å². The van der Waals surface area contributed by atoms with Crippen molar-refractivity contribution in [2.45, 2.75) is 0 Å². The first kappa shape index (κ1) is 13.5. The van der Waals surface area contributed by atoms with E-state index in [-0.39, 0.29) is 11.7 Å². The van der Waals surface area contributed by atoms with Crippen LogP contribution >= 0.6 is 27.3 Å². The van der Waals surface area contributed by atoms with Crippen LogP contribution in [0.15, 0.2) is 57.4 Å². The molecular formula is C16H9BrN2O2S. The second kappa shape index (κ2) is 5.23. The largest absolute Gasteiger partial charge is 0.451 e. The maximum Gasteiger partial charge on any atom is 0.293 e. The molecule has 0 aliphatic heterocycles. The lowest BCUT2D eigenvalue weighted by Crippen LogP contribution is -2.10. The van der Waals surface area contributed by atoms with Gasteiger partial charge in [0.1, 0.15) is 5.58 Å². The lowest BCUT2D eigenvalue weighted by atomic mass is 10.2. The second-order valence-corrected chi connectivity index (χ2v) is 6.68. The summed E-state index contributed by atoms with van der Waals surface area (Å²) in [6.07, 6.45) is 0. The standard InChI is InChI=1S/C16H9BrN2O2S/c17-10-5-6-11-14(8-10)22-16(18-11)19-15(20)13-7-9-3-1-2-4-12(9)21-13/h1-8H,(H,18,19,20). The van der Waals surface area contributed by atoms with E-state index in [0.29, 0.717) is 10.7 Å². The molecule has 2 aromatic heterocycles. The summed E-state index contributed by atoms with van der Waals surface area (Å²) in [6, 6.07) is 15.1. The topological polar surface area (TPSA) is 55.1 Å². The summed E-state index contributed by atoms with van der Waals surface area (Å²) in [4.78, 5) is 16.7. The molecule has 0 radical (unpaired) electrons. The monoisotopic (exact) mass is 372 g/mol. The highest BCUT2D eigenvalue weighted by Crippen LogP contribution is 2.29. The van der Waals surface area contributed by atoms with E-state index in [1.807, 2.05) is 42.5 Å². The quantitative estimate of drug-likeness (QED) is 0.535. The summed E-state index contributed by atoms with van der Waals surface area (Å²) >= 11 is 4.85. The van der Waals surface area contributed by atoms with E-state index >= 15 is 0 Å². The molecule has 0 saturated carbocycles. The first-order chi connectivity index (χ1) is 10.7. The maximum absolute atomic E-state index is 12.3. The van der Waals surface area contributed by atoms with Crippen LogP contribution < -0.4 is 5.32 Å². The number of carbonyl (C=O) groups excluding carboxylic acids is 1. The number of fused-ring (bicyclic) bond motifs is 2. The zero-order valence-corrected chi connectivity index (χ0v) is 13.6. The fraction of sp³-hybridized carbons (Fsp3) is 0. The Morgan fingerprint density at radius 1 is 1.18 bits per heavy atom. The van der Waals surface area contributed by atoms with Crippen LogP contribution in [0.3, 0.4) is 0 Å². The minimum atomic E-state index is -0.297. The van der Waals surface area contributed by atoms with Crippen LogP contribution in [0.1, 0.15) is 10.6 Å². The average Bonchev–Trinajstić information content (AvgIpc) is 3.09. The molecule has 4 nitrogen and oxygen atoms in total. The molecule has 2 heterocycles. The number of furan rings is 1. The number of hydrogen-bond acceptors (Lipinski definition) is 4. The molecule has 0 saturated heterocycles. The smallest absolute Gasteiger partial charge is 0.293 e. The van der Waals surface area contributed by atoms with Gasteiger partial charge < -0.3 is 4.42 Å². The fourth-order valence-corrected chi connectivity index (χ4v) is 3.62. The van der Waals surface area contributed by atoms with Gasteiger partial charge in [-0.15, -0.1) is 0 Å². The number of amides is 1. The highest BCUT2D eigenvalue weighted by molar-refractivity contribution is 9.10. The van der Waals surface area contributed by atoms with Crippen LogP contribution in [0.2, 0.25) is 0 Å². The Hall–Kier alpha value is -2.18. The van der Waals surface area contributed by atoms with Crippen molar-refractivity contribution in [3.05, 3.63) is 58.8 Å². The van der Waals surface area contributed by atoms with Crippen molar-refractivity contribution in [2.24, 2.45) is 0 Å². The van der Waals surface area contributed by atoms with E-state index in [1.165, 1.54) is 11.3 Å². The van der Waals surface area contributed by atoms with Crippen LogP contribution in [-0.4, -0.2) is 10.9 Å². The molecule has 0 bridgehead atoms. The summed E-state index contributed by atoms with van der Waals surface area (Å²) in [5, 5.41) is 4.25. The van der Waals surface area contributed by atoms with Gasteiger partial charge in [-0.2, -0.15) is 0 Å². The Bertz CT molecular complexity index is 973. The Morgan fingerprint density at radius 3 is 2.91 bits per heavy atom. The Balaban J connectivity index is 1.64. The number of halogens is 1. The number of anilines is 1. The molecule has 0 atom stereocenters. The van der Waals surface area contributed by atoms with Crippen LogP contribution in [-0.2, 0) is 0 Å². The predicted molar refractivity (Wildman–Crippen MR) is 91.5 cm³/mol.